The van der Waals surface area contributed by atoms with Crippen LogP contribution in [-0.4, -0.2) is 30.4 Å². The second-order valence-corrected chi connectivity index (χ2v) is 5.61. The Kier molecular flexibility index (Phi) is 5.77. The summed E-state index contributed by atoms with van der Waals surface area (Å²) in [6.45, 7) is 0.500. The molecule has 4 nitrogen and oxygen atoms in total. The van der Waals surface area contributed by atoms with Crippen molar-refractivity contribution >= 4 is 18.3 Å². The number of carbonyl (C=O) groups excluding carboxylic acids is 1. The number of nitrogens with zero attached hydrogens (tertiary/aromatic N) is 1. The summed E-state index contributed by atoms with van der Waals surface area (Å²) in [5.74, 6) is -0.0905. The van der Waals surface area contributed by atoms with Gasteiger partial charge in [0.25, 0.3) is 0 Å². The molecule has 1 aliphatic rings. The Balaban J connectivity index is 0.00000192. The van der Waals surface area contributed by atoms with E-state index in [0.717, 1.165) is 11.1 Å². The lowest BCUT2D eigenvalue weighted by Crippen LogP contribution is -2.43. The molecule has 0 aromatic heterocycles. The number of rotatable bonds is 2. The van der Waals surface area contributed by atoms with Gasteiger partial charge in [0.05, 0.1) is 6.54 Å². The van der Waals surface area contributed by atoms with Crippen LogP contribution in [0.15, 0.2) is 60.7 Å². The molecule has 23 heavy (non-hydrogen) atoms. The Morgan fingerprint density at radius 1 is 1.00 bits per heavy atom. The Hall–Kier alpha value is -1.88. The van der Waals surface area contributed by atoms with Gasteiger partial charge < -0.3 is 15.4 Å². The van der Waals surface area contributed by atoms with E-state index in [2.05, 4.69) is 0 Å². The molecule has 2 aromatic rings. The molecular weight excluding hydrogens is 312 g/mol. The highest BCUT2D eigenvalue weighted by atomic mass is 35.5. The zero-order valence-corrected chi connectivity index (χ0v) is 13.8. The van der Waals surface area contributed by atoms with E-state index >= 15 is 0 Å². The molecule has 2 N–H and O–H groups in total. The van der Waals surface area contributed by atoms with Gasteiger partial charge in [-0.15, -0.1) is 12.4 Å². The van der Waals surface area contributed by atoms with E-state index in [-0.39, 0.29) is 24.4 Å². The summed E-state index contributed by atoms with van der Waals surface area (Å²) in [6, 6.07) is 19.0. The van der Waals surface area contributed by atoms with E-state index in [0.29, 0.717) is 6.54 Å². The van der Waals surface area contributed by atoms with Crippen LogP contribution in [0.1, 0.15) is 23.3 Å². The fraction of sp³-hybridized carbons (Fsp3) is 0.278. The Morgan fingerprint density at radius 2 is 1.52 bits per heavy atom. The van der Waals surface area contributed by atoms with Crippen molar-refractivity contribution in [2.24, 2.45) is 5.73 Å². The average molecular weight is 333 g/mol. The lowest BCUT2D eigenvalue weighted by atomic mass is 10.0. The molecule has 1 saturated heterocycles. The van der Waals surface area contributed by atoms with Crippen LogP contribution in [-0.2, 0) is 9.53 Å². The third kappa shape index (κ3) is 3.72. The summed E-state index contributed by atoms with van der Waals surface area (Å²) in [5.41, 5.74) is 8.15. The molecule has 122 valence electrons. The molecule has 0 radical (unpaired) electrons. The van der Waals surface area contributed by atoms with Crippen LogP contribution in [0.2, 0.25) is 0 Å². The lowest BCUT2D eigenvalue weighted by molar-refractivity contribution is -0.131. The standard InChI is InChI=1S/C18H20N2O2.ClH/c1-20-12-15(13-8-4-2-5-9-13)22-17(16(19)18(20)21)14-10-6-3-7-11-14;/h2-11,15-17H,12,19H2,1H3;1H. The van der Waals surface area contributed by atoms with Crippen LogP contribution in [0.25, 0.3) is 0 Å². The summed E-state index contributed by atoms with van der Waals surface area (Å²) < 4.78 is 6.25. The maximum absolute atomic E-state index is 12.4. The minimum Gasteiger partial charge on any atom is -0.362 e. The van der Waals surface area contributed by atoms with Crippen LogP contribution in [0.3, 0.4) is 0 Å². The summed E-state index contributed by atoms with van der Waals surface area (Å²) >= 11 is 0. The maximum Gasteiger partial charge on any atom is 0.242 e. The predicted molar refractivity (Wildman–Crippen MR) is 92.3 cm³/mol. The normalized spacial score (nSPS) is 24.7. The van der Waals surface area contributed by atoms with Crippen LogP contribution in [0.4, 0.5) is 0 Å². The first-order chi connectivity index (χ1) is 10.7. The lowest BCUT2D eigenvalue weighted by Gasteiger charge is -2.24. The molecule has 0 aliphatic carbocycles. The third-order valence-electron chi connectivity index (χ3n) is 4.04. The summed E-state index contributed by atoms with van der Waals surface area (Å²) in [7, 11) is 1.77. The monoisotopic (exact) mass is 332 g/mol. The van der Waals surface area contributed by atoms with E-state index in [1.54, 1.807) is 11.9 Å². The van der Waals surface area contributed by atoms with E-state index < -0.39 is 12.1 Å². The smallest absolute Gasteiger partial charge is 0.242 e. The first-order valence-electron chi connectivity index (χ1n) is 7.42. The van der Waals surface area contributed by atoms with Crippen molar-refractivity contribution < 1.29 is 9.53 Å². The molecular formula is C18H21ClN2O2. The number of halogens is 1. The van der Waals surface area contributed by atoms with Crippen molar-refractivity contribution in [1.82, 2.24) is 4.90 Å². The van der Waals surface area contributed by atoms with Gasteiger partial charge in [-0.1, -0.05) is 60.7 Å². The topological polar surface area (TPSA) is 55.6 Å². The number of ether oxygens (including phenoxy) is 1. The second-order valence-electron chi connectivity index (χ2n) is 5.61. The van der Waals surface area contributed by atoms with Crippen LogP contribution in [0.5, 0.6) is 0 Å². The first kappa shape index (κ1) is 17.5. The highest BCUT2D eigenvalue weighted by Crippen LogP contribution is 2.32. The van der Waals surface area contributed by atoms with E-state index in [9.17, 15) is 4.79 Å². The average Bonchev–Trinajstić information content (AvgIpc) is 2.68. The van der Waals surface area contributed by atoms with Gasteiger partial charge in [-0.3, -0.25) is 4.79 Å². The van der Waals surface area contributed by atoms with Crippen LogP contribution < -0.4 is 5.73 Å². The van der Waals surface area contributed by atoms with Crippen LogP contribution in [0, 0.1) is 0 Å². The number of benzene rings is 2. The maximum atomic E-state index is 12.4. The summed E-state index contributed by atoms with van der Waals surface area (Å²) in [5, 5.41) is 0. The van der Waals surface area contributed by atoms with Crippen molar-refractivity contribution in [3.05, 3.63) is 71.8 Å². The number of carbonyl (C=O) groups is 1. The fourth-order valence-electron chi connectivity index (χ4n) is 2.81. The van der Waals surface area contributed by atoms with E-state index in [4.69, 9.17) is 10.5 Å². The number of likely N-dealkylation sites (N-methyl/N-ethyl adjacent to an activating group) is 1. The number of hydrogen-bond donors (Lipinski definition) is 1. The van der Waals surface area contributed by atoms with Gasteiger partial charge in [-0.05, 0) is 11.1 Å². The summed E-state index contributed by atoms with van der Waals surface area (Å²) in [4.78, 5) is 14.1. The van der Waals surface area contributed by atoms with Gasteiger partial charge in [-0.2, -0.15) is 0 Å². The number of amides is 1. The molecule has 0 saturated carbocycles. The SMILES string of the molecule is CN1CC(c2ccccc2)OC(c2ccccc2)C(N)C1=O.Cl. The molecule has 1 amide bonds. The molecule has 1 fully saturated rings. The minimum absolute atomic E-state index is 0. The van der Waals surface area contributed by atoms with Gasteiger partial charge >= 0.3 is 0 Å². The van der Waals surface area contributed by atoms with Gasteiger partial charge in [0.15, 0.2) is 0 Å². The fourth-order valence-corrected chi connectivity index (χ4v) is 2.81. The second kappa shape index (κ2) is 7.59. The van der Waals surface area contributed by atoms with Crippen molar-refractivity contribution in [2.45, 2.75) is 18.2 Å². The van der Waals surface area contributed by atoms with Gasteiger partial charge in [0.2, 0.25) is 5.91 Å². The van der Waals surface area contributed by atoms with Gasteiger partial charge in [-0.25, -0.2) is 0 Å². The van der Waals surface area contributed by atoms with Gasteiger partial charge in [0.1, 0.15) is 18.2 Å². The molecule has 3 unspecified atom stereocenters. The minimum atomic E-state index is -0.693. The Morgan fingerprint density at radius 3 is 2.09 bits per heavy atom. The van der Waals surface area contributed by atoms with Crippen molar-refractivity contribution in [1.29, 1.82) is 0 Å². The molecule has 2 aromatic carbocycles. The zero-order valence-electron chi connectivity index (χ0n) is 13.0. The zero-order chi connectivity index (χ0) is 15.5. The molecule has 3 rings (SSSR count). The third-order valence-corrected chi connectivity index (χ3v) is 4.04. The van der Waals surface area contributed by atoms with Crippen LogP contribution >= 0.6 is 12.4 Å². The van der Waals surface area contributed by atoms with Crippen molar-refractivity contribution in [2.75, 3.05) is 13.6 Å². The first-order valence-corrected chi connectivity index (χ1v) is 7.42. The highest BCUT2D eigenvalue weighted by Gasteiger charge is 2.36. The number of nitrogens with two attached hydrogens (primary N) is 1. The summed E-state index contributed by atoms with van der Waals surface area (Å²) in [6.07, 6.45) is -0.627. The molecule has 0 bridgehead atoms. The van der Waals surface area contributed by atoms with E-state index in [1.165, 1.54) is 0 Å². The largest absolute Gasteiger partial charge is 0.362 e. The molecule has 1 heterocycles. The van der Waals surface area contributed by atoms with Crippen molar-refractivity contribution in [3.63, 3.8) is 0 Å². The highest BCUT2D eigenvalue weighted by molar-refractivity contribution is 5.85. The predicted octanol–water partition coefficient (Wildman–Crippen LogP) is 2.71. The quantitative estimate of drug-likeness (QED) is 0.920. The van der Waals surface area contributed by atoms with E-state index in [1.807, 2.05) is 60.7 Å². The molecule has 0 spiro atoms. The Labute approximate surface area is 142 Å². The van der Waals surface area contributed by atoms with Crippen molar-refractivity contribution in [3.8, 4) is 0 Å². The molecule has 1 aliphatic heterocycles. The molecule has 5 heteroatoms. The number of hydrogen-bond acceptors (Lipinski definition) is 3. The Bertz CT molecular complexity index is 636. The molecule has 3 atom stereocenters. The van der Waals surface area contributed by atoms with Gasteiger partial charge in [0, 0.05) is 7.05 Å².